The summed E-state index contributed by atoms with van der Waals surface area (Å²) in [5.41, 5.74) is 2.10. The summed E-state index contributed by atoms with van der Waals surface area (Å²) in [4.78, 5) is 14.9. The number of nitrogens with zero attached hydrogens (tertiary/aromatic N) is 1. The van der Waals surface area contributed by atoms with Crippen molar-refractivity contribution in [2.45, 2.75) is 20.8 Å². The lowest BCUT2D eigenvalue weighted by atomic mass is 9.93. The molecule has 0 spiro atoms. The average molecular weight is 276 g/mol. The van der Waals surface area contributed by atoms with Gasteiger partial charge in [0.15, 0.2) is 5.78 Å². The maximum Gasteiger partial charge on any atom is 0.170 e. The molecule has 20 heavy (non-hydrogen) atoms. The average Bonchev–Trinajstić information content (AvgIpc) is 2.44. The second-order valence-electron chi connectivity index (χ2n) is 5.74. The smallest absolute Gasteiger partial charge is 0.170 e. The maximum atomic E-state index is 12.6. The second-order valence-corrected chi connectivity index (χ2v) is 5.74. The monoisotopic (exact) mass is 276 g/mol. The third-order valence-electron chi connectivity index (χ3n) is 4.02. The summed E-state index contributed by atoms with van der Waals surface area (Å²) in [5.74, 6) is 0.0869. The normalized spacial score (nSPS) is 17.9. The molecule has 0 saturated carbocycles. The molecule has 0 bridgehead atoms. The summed E-state index contributed by atoms with van der Waals surface area (Å²) >= 11 is 0. The molecule has 4 heteroatoms. The van der Waals surface area contributed by atoms with E-state index in [1.165, 1.54) is 0 Å². The number of hydrogen-bond donors (Lipinski definition) is 2. The van der Waals surface area contributed by atoms with Crippen LogP contribution in [-0.4, -0.2) is 48.5 Å². The van der Waals surface area contributed by atoms with Gasteiger partial charge in [0.25, 0.3) is 0 Å². The van der Waals surface area contributed by atoms with Crippen LogP contribution in [0.4, 0.5) is 0 Å². The lowest BCUT2D eigenvalue weighted by Crippen LogP contribution is -2.45. The van der Waals surface area contributed by atoms with Crippen molar-refractivity contribution in [3.05, 3.63) is 28.8 Å². The highest BCUT2D eigenvalue weighted by atomic mass is 16.3. The van der Waals surface area contributed by atoms with Crippen LogP contribution in [-0.2, 0) is 0 Å². The third kappa shape index (κ3) is 3.19. The zero-order chi connectivity index (χ0) is 14.7. The second kappa shape index (κ2) is 6.37. The summed E-state index contributed by atoms with van der Waals surface area (Å²) in [6.45, 7) is 10.3. The fraction of sp³-hybridized carbons (Fsp3) is 0.562. The largest absolute Gasteiger partial charge is 0.507 e. The fourth-order valence-electron chi connectivity index (χ4n) is 2.72. The van der Waals surface area contributed by atoms with E-state index in [2.05, 4.69) is 10.2 Å². The fourth-order valence-corrected chi connectivity index (χ4v) is 2.72. The molecule has 1 unspecified atom stereocenters. The van der Waals surface area contributed by atoms with Crippen molar-refractivity contribution in [1.82, 2.24) is 10.2 Å². The molecule has 110 valence electrons. The standard InChI is InChI=1S/C16H24N2O2/c1-11-4-5-12(2)15(19)14(11)16(20)13(3)10-18-8-6-17-7-9-18/h4-5,13,17,19H,6-10H2,1-3H3. The van der Waals surface area contributed by atoms with Crippen LogP contribution in [0.5, 0.6) is 5.75 Å². The van der Waals surface area contributed by atoms with Gasteiger partial charge in [0.2, 0.25) is 0 Å². The van der Waals surface area contributed by atoms with E-state index in [9.17, 15) is 9.90 Å². The molecule has 0 radical (unpaired) electrons. The van der Waals surface area contributed by atoms with Gasteiger partial charge in [0, 0.05) is 38.6 Å². The van der Waals surface area contributed by atoms with Crippen molar-refractivity contribution >= 4 is 5.78 Å². The minimum Gasteiger partial charge on any atom is -0.507 e. The maximum absolute atomic E-state index is 12.6. The Bertz CT molecular complexity index is 493. The first-order valence-corrected chi connectivity index (χ1v) is 7.27. The number of rotatable bonds is 4. The Morgan fingerprint density at radius 1 is 1.30 bits per heavy atom. The number of phenols is 1. The van der Waals surface area contributed by atoms with Crippen molar-refractivity contribution in [1.29, 1.82) is 0 Å². The van der Waals surface area contributed by atoms with Crippen molar-refractivity contribution in [3.63, 3.8) is 0 Å². The van der Waals surface area contributed by atoms with E-state index in [0.29, 0.717) is 5.56 Å². The first kappa shape index (κ1) is 15.0. The molecule has 1 atom stereocenters. The number of hydrogen-bond acceptors (Lipinski definition) is 4. The minimum atomic E-state index is -0.0977. The number of nitrogens with one attached hydrogen (secondary N) is 1. The molecule has 1 heterocycles. The number of ketones is 1. The molecule has 0 aliphatic carbocycles. The van der Waals surface area contributed by atoms with Gasteiger partial charge in [-0.15, -0.1) is 0 Å². The Morgan fingerprint density at radius 3 is 2.55 bits per heavy atom. The Morgan fingerprint density at radius 2 is 1.90 bits per heavy atom. The van der Waals surface area contributed by atoms with Crippen molar-refractivity contribution < 1.29 is 9.90 Å². The van der Waals surface area contributed by atoms with Crippen molar-refractivity contribution in [2.75, 3.05) is 32.7 Å². The van der Waals surface area contributed by atoms with Crippen LogP contribution in [0, 0.1) is 19.8 Å². The van der Waals surface area contributed by atoms with Crippen LogP contribution >= 0.6 is 0 Å². The van der Waals surface area contributed by atoms with E-state index in [1.54, 1.807) is 0 Å². The molecule has 1 saturated heterocycles. The van der Waals surface area contributed by atoms with Crippen LogP contribution < -0.4 is 5.32 Å². The molecule has 1 aromatic rings. The van der Waals surface area contributed by atoms with Gasteiger partial charge in [-0.25, -0.2) is 0 Å². The molecule has 4 nitrogen and oxygen atoms in total. The zero-order valence-corrected chi connectivity index (χ0v) is 12.6. The predicted octanol–water partition coefficient (Wildman–Crippen LogP) is 1.73. The number of Topliss-reactive ketones (excluding diaryl/α,β-unsaturated/α-hetero) is 1. The van der Waals surface area contributed by atoms with Gasteiger partial charge in [-0.2, -0.15) is 0 Å². The Labute approximate surface area is 120 Å². The number of aromatic hydroxyl groups is 1. The van der Waals surface area contributed by atoms with Crippen LogP contribution in [0.2, 0.25) is 0 Å². The lowest BCUT2D eigenvalue weighted by molar-refractivity contribution is 0.0884. The Kier molecular flexibility index (Phi) is 4.78. The van der Waals surface area contributed by atoms with Gasteiger partial charge in [0.1, 0.15) is 5.75 Å². The van der Waals surface area contributed by atoms with Crippen LogP contribution in [0.3, 0.4) is 0 Å². The van der Waals surface area contributed by atoms with Gasteiger partial charge in [-0.3, -0.25) is 4.79 Å². The van der Waals surface area contributed by atoms with E-state index in [4.69, 9.17) is 0 Å². The minimum absolute atomic E-state index is 0.0437. The Balaban J connectivity index is 2.12. The highest BCUT2D eigenvalue weighted by Gasteiger charge is 2.24. The molecule has 1 aromatic carbocycles. The molecule has 1 aliphatic heterocycles. The van der Waals surface area contributed by atoms with E-state index in [1.807, 2.05) is 32.9 Å². The molecular weight excluding hydrogens is 252 g/mol. The van der Waals surface area contributed by atoms with E-state index in [0.717, 1.165) is 43.9 Å². The van der Waals surface area contributed by atoms with Gasteiger partial charge >= 0.3 is 0 Å². The summed E-state index contributed by atoms with van der Waals surface area (Å²) < 4.78 is 0. The van der Waals surface area contributed by atoms with Gasteiger partial charge in [-0.05, 0) is 25.0 Å². The molecule has 2 N–H and O–H groups in total. The summed E-state index contributed by atoms with van der Waals surface area (Å²) in [6, 6.07) is 3.75. The third-order valence-corrected chi connectivity index (χ3v) is 4.02. The number of carbonyl (C=O) groups excluding carboxylic acids is 1. The van der Waals surface area contributed by atoms with Gasteiger partial charge in [0.05, 0.1) is 5.56 Å². The molecule has 1 fully saturated rings. The highest BCUT2D eigenvalue weighted by Crippen LogP contribution is 2.27. The first-order valence-electron chi connectivity index (χ1n) is 7.27. The predicted molar refractivity (Wildman–Crippen MR) is 80.4 cm³/mol. The lowest BCUT2D eigenvalue weighted by Gasteiger charge is -2.29. The first-order chi connectivity index (χ1) is 9.50. The number of aryl methyl sites for hydroxylation is 2. The van der Waals surface area contributed by atoms with Crippen LogP contribution in [0.1, 0.15) is 28.4 Å². The topological polar surface area (TPSA) is 52.6 Å². The van der Waals surface area contributed by atoms with Gasteiger partial charge < -0.3 is 15.3 Å². The molecule has 2 rings (SSSR count). The van der Waals surface area contributed by atoms with Crippen LogP contribution in [0.25, 0.3) is 0 Å². The summed E-state index contributed by atoms with van der Waals surface area (Å²) in [6.07, 6.45) is 0. The van der Waals surface area contributed by atoms with Crippen LogP contribution in [0.15, 0.2) is 12.1 Å². The molecule has 0 amide bonds. The summed E-state index contributed by atoms with van der Waals surface area (Å²) in [5, 5.41) is 13.5. The number of benzene rings is 1. The van der Waals surface area contributed by atoms with Crippen molar-refractivity contribution in [3.8, 4) is 5.75 Å². The quantitative estimate of drug-likeness (QED) is 0.822. The van der Waals surface area contributed by atoms with Gasteiger partial charge in [-0.1, -0.05) is 19.1 Å². The van der Waals surface area contributed by atoms with E-state index < -0.39 is 0 Å². The number of piperazine rings is 1. The van der Waals surface area contributed by atoms with Crippen molar-refractivity contribution in [2.24, 2.45) is 5.92 Å². The SMILES string of the molecule is Cc1ccc(C)c(C(=O)C(C)CN2CCNCC2)c1O. The highest BCUT2D eigenvalue weighted by molar-refractivity contribution is 6.01. The molecule has 1 aliphatic rings. The number of carbonyl (C=O) groups is 1. The molecular formula is C16H24N2O2. The number of phenolic OH excluding ortho intramolecular Hbond substituents is 1. The zero-order valence-electron chi connectivity index (χ0n) is 12.6. The summed E-state index contributed by atoms with van der Waals surface area (Å²) in [7, 11) is 0. The Hall–Kier alpha value is -1.39. The van der Waals surface area contributed by atoms with E-state index >= 15 is 0 Å². The molecule has 0 aromatic heterocycles. The van der Waals surface area contributed by atoms with E-state index in [-0.39, 0.29) is 17.5 Å².